The lowest BCUT2D eigenvalue weighted by Gasteiger charge is -2.32. The molecule has 3 aliphatic heterocycles. The fourth-order valence-electron chi connectivity index (χ4n) is 4.74. The summed E-state index contributed by atoms with van der Waals surface area (Å²) in [7, 11) is 0. The molecule has 2 amide bonds. The first-order valence-corrected chi connectivity index (χ1v) is 11.5. The molecule has 1 fully saturated rings. The SMILES string of the molecule is CC#CC(=O)N1CCCC1C1=NC(c2ccc(C(=O)Nc3ccccn3)cc2)C2C(N)=NC=CN12. The Bertz CT molecular complexity index is 1290. The Labute approximate surface area is 203 Å². The second-order valence-corrected chi connectivity index (χ2v) is 8.46. The highest BCUT2D eigenvalue weighted by molar-refractivity contribution is 6.04. The zero-order valence-corrected chi connectivity index (χ0v) is 19.3. The number of benzene rings is 1. The number of hydrogen-bond donors (Lipinski definition) is 2. The van der Waals surface area contributed by atoms with Gasteiger partial charge in [0, 0.05) is 30.7 Å². The molecule has 2 aromatic rings. The lowest BCUT2D eigenvalue weighted by atomic mass is 9.97. The molecule has 35 heavy (non-hydrogen) atoms. The fraction of sp³-hybridized carbons (Fsp3) is 0.269. The van der Waals surface area contributed by atoms with Crippen LogP contribution in [0.2, 0.25) is 0 Å². The third-order valence-electron chi connectivity index (χ3n) is 6.35. The van der Waals surface area contributed by atoms with E-state index in [1.807, 2.05) is 29.3 Å². The second-order valence-electron chi connectivity index (χ2n) is 8.46. The Hall–Kier alpha value is -4.45. The van der Waals surface area contributed by atoms with E-state index in [0.717, 1.165) is 24.2 Å². The molecule has 0 radical (unpaired) electrons. The number of rotatable bonds is 4. The molecular weight excluding hydrogens is 442 g/mol. The molecule has 9 nitrogen and oxygen atoms in total. The molecule has 3 aliphatic rings. The van der Waals surface area contributed by atoms with Crippen LogP contribution in [0.4, 0.5) is 5.82 Å². The molecule has 3 atom stereocenters. The van der Waals surface area contributed by atoms with Crippen LogP contribution in [0.3, 0.4) is 0 Å². The summed E-state index contributed by atoms with van der Waals surface area (Å²) >= 11 is 0. The van der Waals surface area contributed by atoms with E-state index in [1.54, 1.807) is 48.5 Å². The lowest BCUT2D eigenvalue weighted by molar-refractivity contribution is -0.124. The number of nitrogens with zero attached hydrogens (tertiary/aromatic N) is 5. The van der Waals surface area contributed by atoms with Gasteiger partial charge in [-0.2, -0.15) is 0 Å². The number of carbonyl (C=O) groups excluding carboxylic acids is 2. The van der Waals surface area contributed by atoms with Crippen LogP contribution in [0, 0.1) is 11.8 Å². The number of nitrogens with two attached hydrogens (primary N) is 1. The molecule has 9 heteroatoms. The van der Waals surface area contributed by atoms with Crippen molar-refractivity contribution in [2.24, 2.45) is 15.7 Å². The molecule has 1 aromatic heterocycles. The third kappa shape index (κ3) is 4.26. The Morgan fingerprint density at radius 1 is 1.17 bits per heavy atom. The van der Waals surface area contributed by atoms with Crippen LogP contribution in [0.1, 0.15) is 41.7 Å². The van der Waals surface area contributed by atoms with E-state index >= 15 is 0 Å². The largest absolute Gasteiger partial charge is 0.385 e. The summed E-state index contributed by atoms with van der Waals surface area (Å²) in [6.45, 7) is 2.31. The van der Waals surface area contributed by atoms with E-state index in [0.29, 0.717) is 23.8 Å². The van der Waals surface area contributed by atoms with E-state index in [4.69, 9.17) is 10.7 Å². The van der Waals surface area contributed by atoms with Gasteiger partial charge in [-0.3, -0.25) is 14.6 Å². The number of pyridine rings is 1. The molecule has 3 unspecified atom stereocenters. The summed E-state index contributed by atoms with van der Waals surface area (Å²) in [5.74, 6) is 6.65. The normalized spacial score (nSPS) is 22.6. The number of fused-ring (bicyclic) bond motifs is 1. The van der Waals surface area contributed by atoms with Crippen LogP contribution in [0.5, 0.6) is 0 Å². The average Bonchev–Trinajstić information content (AvgIpc) is 3.51. The van der Waals surface area contributed by atoms with Gasteiger partial charge < -0.3 is 20.9 Å². The standard InChI is InChI=1S/C26H25N7O2/c1-2-6-21(34)32-15-5-7-19(32)25-31-22(23-24(27)29-14-16-33(23)25)17-9-11-18(12-10-17)26(35)30-20-8-3-4-13-28-20/h3-4,8-14,16,19,22-23H,5,7,15H2,1H3,(H2,27,29)(H,28,30,35). The van der Waals surface area contributed by atoms with Gasteiger partial charge in [0.05, 0.1) is 6.04 Å². The first-order chi connectivity index (χ1) is 17.1. The Morgan fingerprint density at radius 2 is 2.00 bits per heavy atom. The lowest BCUT2D eigenvalue weighted by Crippen LogP contribution is -2.50. The number of amides is 2. The monoisotopic (exact) mass is 467 g/mol. The summed E-state index contributed by atoms with van der Waals surface area (Å²) in [5, 5.41) is 2.79. The predicted molar refractivity (Wildman–Crippen MR) is 133 cm³/mol. The Kier molecular flexibility index (Phi) is 6.02. The van der Waals surface area contributed by atoms with Gasteiger partial charge in [0.2, 0.25) is 0 Å². The number of aliphatic imine (C=N–C) groups is 2. The van der Waals surface area contributed by atoms with Gasteiger partial charge in [-0.1, -0.05) is 24.1 Å². The van der Waals surface area contributed by atoms with Crippen molar-refractivity contribution in [3.05, 3.63) is 72.2 Å². The highest BCUT2D eigenvalue weighted by Crippen LogP contribution is 2.37. The first kappa shape index (κ1) is 22.3. The fourth-order valence-corrected chi connectivity index (χ4v) is 4.74. The molecule has 4 heterocycles. The molecule has 1 saturated heterocycles. The average molecular weight is 468 g/mol. The van der Waals surface area contributed by atoms with Crippen LogP contribution in [-0.4, -0.2) is 56.9 Å². The smallest absolute Gasteiger partial charge is 0.299 e. The van der Waals surface area contributed by atoms with Crippen LogP contribution in [-0.2, 0) is 4.79 Å². The van der Waals surface area contributed by atoms with Crippen molar-refractivity contribution >= 4 is 29.3 Å². The Morgan fingerprint density at radius 3 is 2.74 bits per heavy atom. The van der Waals surface area contributed by atoms with E-state index in [9.17, 15) is 9.59 Å². The van der Waals surface area contributed by atoms with E-state index in [2.05, 4.69) is 27.1 Å². The zero-order chi connectivity index (χ0) is 24.4. The third-order valence-corrected chi connectivity index (χ3v) is 6.35. The summed E-state index contributed by atoms with van der Waals surface area (Å²) in [6.07, 6.45) is 6.84. The minimum Gasteiger partial charge on any atom is -0.385 e. The van der Waals surface area contributed by atoms with Crippen molar-refractivity contribution in [1.29, 1.82) is 0 Å². The number of likely N-dealkylation sites (tertiary alicyclic amines) is 1. The summed E-state index contributed by atoms with van der Waals surface area (Å²) in [4.78, 5) is 42.5. The predicted octanol–water partition coefficient (Wildman–Crippen LogP) is 2.31. The highest BCUT2D eigenvalue weighted by atomic mass is 16.2. The van der Waals surface area contributed by atoms with Crippen molar-refractivity contribution in [2.75, 3.05) is 11.9 Å². The van der Waals surface area contributed by atoms with Crippen LogP contribution >= 0.6 is 0 Å². The van der Waals surface area contributed by atoms with Crippen molar-refractivity contribution in [1.82, 2.24) is 14.8 Å². The molecule has 1 aromatic carbocycles. The molecule has 0 aliphatic carbocycles. The van der Waals surface area contributed by atoms with Crippen molar-refractivity contribution in [3.8, 4) is 11.8 Å². The summed E-state index contributed by atoms with van der Waals surface area (Å²) in [5.41, 5.74) is 7.74. The summed E-state index contributed by atoms with van der Waals surface area (Å²) < 4.78 is 0. The topological polar surface area (TPSA) is 116 Å². The number of hydrogen-bond acceptors (Lipinski definition) is 7. The van der Waals surface area contributed by atoms with Gasteiger partial charge in [-0.25, -0.2) is 9.98 Å². The van der Waals surface area contributed by atoms with Gasteiger partial charge in [-0.15, -0.1) is 0 Å². The Balaban J connectivity index is 1.42. The molecule has 0 spiro atoms. The van der Waals surface area contributed by atoms with Gasteiger partial charge in [-0.05, 0) is 55.5 Å². The quantitative estimate of drug-likeness (QED) is 0.670. The van der Waals surface area contributed by atoms with E-state index < -0.39 is 0 Å². The van der Waals surface area contributed by atoms with Crippen LogP contribution in [0.15, 0.2) is 71.0 Å². The molecule has 3 N–H and O–H groups in total. The maximum atomic E-state index is 12.6. The number of aromatic nitrogens is 1. The van der Waals surface area contributed by atoms with Gasteiger partial charge in [0.25, 0.3) is 11.8 Å². The minimum absolute atomic E-state index is 0.171. The van der Waals surface area contributed by atoms with Gasteiger partial charge in [0.15, 0.2) is 0 Å². The van der Waals surface area contributed by atoms with Crippen molar-refractivity contribution in [3.63, 3.8) is 0 Å². The van der Waals surface area contributed by atoms with Gasteiger partial charge >= 0.3 is 0 Å². The number of anilines is 1. The van der Waals surface area contributed by atoms with E-state index in [1.165, 1.54) is 0 Å². The van der Waals surface area contributed by atoms with E-state index in [-0.39, 0.29) is 29.9 Å². The van der Waals surface area contributed by atoms with Crippen LogP contribution < -0.4 is 11.1 Å². The first-order valence-electron chi connectivity index (χ1n) is 11.5. The number of carbonyl (C=O) groups is 2. The molecule has 176 valence electrons. The summed E-state index contributed by atoms with van der Waals surface area (Å²) in [6, 6.07) is 11.8. The zero-order valence-electron chi connectivity index (χ0n) is 19.3. The van der Waals surface area contributed by atoms with Crippen LogP contribution in [0.25, 0.3) is 0 Å². The highest BCUT2D eigenvalue weighted by Gasteiger charge is 2.45. The number of amidine groups is 2. The molecule has 0 saturated carbocycles. The van der Waals surface area contributed by atoms with Gasteiger partial charge in [0.1, 0.15) is 29.6 Å². The molecular formula is C26H25N7O2. The van der Waals surface area contributed by atoms with Crippen molar-refractivity contribution in [2.45, 2.75) is 37.9 Å². The maximum Gasteiger partial charge on any atom is 0.299 e. The molecule has 5 rings (SSSR count). The molecule has 0 bridgehead atoms. The number of nitrogens with one attached hydrogen (secondary N) is 1. The second kappa shape index (κ2) is 9.43. The minimum atomic E-state index is -0.318. The maximum absolute atomic E-state index is 12.6. The van der Waals surface area contributed by atoms with Crippen molar-refractivity contribution < 1.29 is 9.59 Å².